The highest BCUT2D eigenvalue weighted by Crippen LogP contribution is 2.27. The van der Waals surface area contributed by atoms with Gasteiger partial charge in [0.15, 0.2) is 0 Å². The average Bonchev–Trinajstić information content (AvgIpc) is 3.46. The van der Waals surface area contributed by atoms with Crippen LogP contribution >= 0.6 is 23.2 Å². The number of nitrogens with zero attached hydrogens (tertiary/aromatic N) is 2. The summed E-state index contributed by atoms with van der Waals surface area (Å²) in [6.45, 7) is 4.70. The maximum absolute atomic E-state index is 12.3. The van der Waals surface area contributed by atoms with E-state index in [0.29, 0.717) is 40.9 Å². The SMILES string of the molecule is O=C(CN1CCCC1)Nc1ccc(Cc2ccc(NC(=O)CN3CCCC3)c(Cl)c2)cc1Cl. The van der Waals surface area contributed by atoms with Crippen molar-refractivity contribution in [2.75, 3.05) is 49.9 Å². The van der Waals surface area contributed by atoms with Crippen molar-refractivity contribution in [3.05, 3.63) is 57.6 Å². The smallest absolute Gasteiger partial charge is 0.238 e. The van der Waals surface area contributed by atoms with Crippen LogP contribution in [-0.4, -0.2) is 60.9 Å². The van der Waals surface area contributed by atoms with Crippen molar-refractivity contribution < 1.29 is 9.59 Å². The van der Waals surface area contributed by atoms with Crippen LogP contribution in [-0.2, 0) is 16.0 Å². The summed E-state index contributed by atoms with van der Waals surface area (Å²) in [5, 5.41) is 6.85. The van der Waals surface area contributed by atoms with Crippen LogP contribution in [0.5, 0.6) is 0 Å². The van der Waals surface area contributed by atoms with Gasteiger partial charge in [-0.1, -0.05) is 35.3 Å². The Labute approximate surface area is 205 Å². The zero-order valence-corrected chi connectivity index (χ0v) is 20.2. The molecule has 2 heterocycles. The van der Waals surface area contributed by atoms with Gasteiger partial charge in [-0.05, 0) is 93.7 Å². The fraction of sp³-hybridized carbons (Fsp3) is 0.440. The van der Waals surface area contributed by atoms with E-state index in [4.69, 9.17) is 23.2 Å². The van der Waals surface area contributed by atoms with Gasteiger partial charge >= 0.3 is 0 Å². The third-order valence-electron chi connectivity index (χ3n) is 6.16. The minimum absolute atomic E-state index is 0.0410. The van der Waals surface area contributed by atoms with Gasteiger partial charge in [-0.15, -0.1) is 0 Å². The highest BCUT2D eigenvalue weighted by molar-refractivity contribution is 6.34. The van der Waals surface area contributed by atoms with E-state index in [1.807, 2.05) is 36.4 Å². The second-order valence-corrected chi connectivity index (χ2v) is 9.68. The van der Waals surface area contributed by atoms with Crippen molar-refractivity contribution in [2.45, 2.75) is 32.1 Å². The summed E-state index contributed by atoms with van der Waals surface area (Å²) in [6, 6.07) is 11.3. The maximum atomic E-state index is 12.3. The van der Waals surface area contributed by atoms with Crippen molar-refractivity contribution in [1.29, 1.82) is 0 Å². The van der Waals surface area contributed by atoms with Gasteiger partial charge in [0.25, 0.3) is 0 Å². The summed E-state index contributed by atoms with van der Waals surface area (Å²) >= 11 is 12.9. The molecule has 0 atom stereocenters. The molecule has 2 fully saturated rings. The molecule has 0 radical (unpaired) electrons. The van der Waals surface area contributed by atoms with E-state index in [0.717, 1.165) is 63.0 Å². The molecule has 0 bridgehead atoms. The Morgan fingerprint density at radius 1 is 0.697 bits per heavy atom. The number of halogens is 2. The number of amides is 2. The van der Waals surface area contributed by atoms with Gasteiger partial charge in [0.05, 0.1) is 34.5 Å². The first kappa shape index (κ1) is 24.0. The molecule has 2 saturated heterocycles. The minimum atomic E-state index is -0.0410. The number of carbonyl (C=O) groups excluding carboxylic acids is 2. The fourth-order valence-electron chi connectivity index (χ4n) is 4.44. The van der Waals surface area contributed by atoms with Crippen molar-refractivity contribution in [1.82, 2.24) is 9.80 Å². The summed E-state index contributed by atoms with van der Waals surface area (Å²) in [4.78, 5) is 28.9. The van der Waals surface area contributed by atoms with Gasteiger partial charge < -0.3 is 10.6 Å². The predicted octanol–water partition coefficient (Wildman–Crippen LogP) is 4.65. The fourth-order valence-corrected chi connectivity index (χ4v) is 4.94. The molecule has 0 unspecified atom stereocenters. The van der Waals surface area contributed by atoms with E-state index < -0.39 is 0 Å². The van der Waals surface area contributed by atoms with E-state index in [1.165, 1.54) is 0 Å². The zero-order chi connectivity index (χ0) is 23.2. The molecule has 2 aliphatic heterocycles. The van der Waals surface area contributed by atoms with Gasteiger partial charge in [-0.3, -0.25) is 19.4 Å². The van der Waals surface area contributed by atoms with Crippen LogP contribution in [0.25, 0.3) is 0 Å². The van der Waals surface area contributed by atoms with Crippen molar-refractivity contribution in [3.63, 3.8) is 0 Å². The summed E-state index contributed by atoms with van der Waals surface area (Å²) in [5.41, 5.74) is 3.27. The molecule has 33 heavy (non-hydrogen) atoms. The molecule has 8 heteroatoms. The van der Waals surface area contributed by atoms with E-state index in [9.17, 15) is 9.59 Å². The highest BCUT2D eigenvalue weighted by Gasteiger charge is 2.17. The van der Waals surface area contributed by atoms with Gasteiger partial charge in [-0.2, -0.15) is 0 Å². The van der Waals surface area contributed by atoms with Crippen LogP contribution in [0.3, 0.4) is 0 Å². The quantitative estimate of drug-likeness (QED) is 0.567. The number of hydrogen-bond acceptors (Lipinski definition) is 4. The van der Waals surface area contributed by atoms with Gasteiger partial charge in [0.2, 0.25) is 11.8 Å². The minimum Gasteiger partial charge on any atom is -0.324 e. The second-order valence-electron chi connectivity index (χ2n) is 8.87. The predicted molar refractivity (Wildman–Crippen MR) is 134 cm³/mol. The van der Waals surface area contributed by atoms with Gasteiger partial charge in [-0.25, -0.2) is 0 Å². The Hall–Kier alpha value is -2.12. The molecule has 2 N–H and O–H groups in total. The lowest BCUT2D eigenvalue weighted by molar-refractivity contribution is -0.117. The molecule has 0 spiro atoms. The molecule has 0 aromatic heterocycles. The molecule has 6 nitrogen and oxygen atoms in total. The molecular weight excluding hydrogens is 459 g/mol. The number of hydrogen-bond donors (Lipinski definition) is 2. The molecule has 2 aliphatic rings. The Kier molecular flexibility index (Phi) is 8.25. The van der Waals surface area contributed by atoms with Crippen LogP contribution in [0.4, 0.5) is 11.4 Å². The van der Waals surface area contributed by atoms with Crippen LogP contribution in [0.15, 0.2) is 36.4 Å². The second kappa shape index (κ2) is 11.3. The van der Waals surface area contributed by atoms with E-state index in [2.05, 4.69) is 20.4 Å². The molecule has 0 aliphatic carbocycles. The summed E-state index contributed by atoms with van der Waals surface area (Å²) < 4.78 is 0. The van der Waals surface area contributed by atoms with E-state index >= 15 is 0 Å². The zero-order valence-electron chi connectivity index (χ0n) is 18.7. The third-order valence-corrected chi connectivity index (χ3v) is 6.78. The Morgan fingerprint density at radius 2 is 1.09 bits per heavy atom. The number of rotatable bonds is 8. The standard InChI is InChI=1S/C25H30Cl2N4O2/c26-20-14-18(5-7-22(20)28-24(32)16-30-9-1-2-10-30)13-19-6-8-23(21(27)15-19)29-25(33)17-31-11-3-4-12-31/h5-8,14-15H,1-4,9-13,16-17H2,(H,28,32)(H,29,33). The third kappa shape index (κ3) is 6.93. The lowest BCUT2D eigenvalue weighted by Gasteiger charge is -2.15. The molecule has 2 aromatic carbocycles. The van der Waals surface area contributed by atoms with Gasteiger partial charge in [0.1, 0.15) is 0 Å². The Bertz CT molecular complexity index is 922. The summed E-state index contributed by atoms with van der Waals surface area (Å²) in [6.07, 6.45) is 5.25. The Morgan fingerprint density at radius 3 is 1.45 bits per heavy atom. The number of nitrogens with one attached hydrogen (secondary N) is 2. The number of anilines is 2. The molecule has 176 valence electrons. The molecular formula is C25H30Cl2N4O2. The monoisotopic (exact) mass is 488 g/mol. The van der Waals surface area contributed by atoms with Crippen molar-refractivity contribution in [3.8, 4) is 0 Å². The summed E-state index contributed by atoms with van der Waals surface area (Å²) in [7, 11) is 0. The average molecular weight is 489 g/mol. The number of likely N-dealkylation sites (tertiary alicyclic amines) is 2. The molecule has 2 aromatic rings. The number of carbonyl (C=O) groups is 2. The van der Waals surface area contributed by atoms with Crippen LogP contribution < -0.4 is 10.6 Å². The molecule has 4 rings (SSSR count). The van der Waals surface area contributed by atoms with E-state index in [1.54, 1.807) is 0 Å². The normalized spacial score (nSPS) is 16.8. The summed E-state index contributed by atoms with van der Waals surface area (Å²) in [5.74, 6) is -0.0820. The number of benzene rings is 2. The maximum Gasteiger partial charge on any atom is 0.238 e. The first-order chi connectivity index (χ1) is 16.0. The van der Waals surface area contributed by atoms with Crippen molar-refractivity contribution in [2.24, 2.45) is 0 Å². The first-order valence-electron chi connectivity index (χ1n) is 11.6. The first-order valence-corrected chi connectivity index (χ1v) is 12.3. The van der Waals surface area contributed by atoms with Crippen LogP contribution in [0.2, 0.25) is 10.0 Å². The molecule has 0 saturated carbocycles. The lowest BCUT2D eigenvalue weighted by atomic mass is 10.0. The van der Waals surface area contributed by atoms with Crippen molar-refractivity contribution >= 4 is 46.4 Å². The topological polar surface area (TPSA) is 64.7 Å². The molecule has 2 amide bonds. The Balaban J connectivity index is 1.32. The lowest BCUT2D eigenvalue weighted by Crippen LogP contribution is -2.30. The largest absolute Gasteiger partial charge is 0.324 e. The van der Waals surface area contributed by atoms with Crippen LogP contribution in [0.1, 0.15) is 36.8 Å². The highest BCUT2D eigenvalue weighted by atomic mass is 35.5. The van der Waals surface area contributed by atoms with E-state index in [-0.39, 0.29) is 11.8 Å². The van der Waals surface area contributed by atoms with Crippen LogP contribution in [0, 0.1) is 0 Å². The van der Waals surface area contributed by atoms with Gasteiger partial charge in [0, 0.05) is 0 Å².